The molecule has 0 aromatic heterocycles. The average Bonchev–Trinajstić information content (AvgIpc) is 2.21. The number of amides is 1. The van der Waals surface area contributed by atoms with Crippen molar-refractivity contribution in [3.63, 3.8) is 0 Å². The first-order valence-corrected chi connectivity index (χ1v) is 5.20. The number of carbonyl (C=O) groups is 1. The van der Waals surface area contributed by atoms with Crippen LogP contribution in [0.3, 0.4) is 0 Å². The topological polar surface area (TPSA) is 60.8 Å². The molecule has 4 nitrogen and oxygen atoms in total. The van der Waals surface area contributed by atoms with Crippen LogP contribution >= 0.6 is 15.9 Å². The summed E-state index contributed by atoms with van der Waals surface area (Å²) in [6.07, 6.45) is 0. The van der Waals surface area contributed by atoms with Gasteiger partial charge in [-0.2, -0.15) is 0 Å². The highest BCUT2D eigenvalue weighted by Gasteiger charge is 2.15. The van der Waals surface area contributed by atoms with E-state index < -0.39 is 0 Å². The number of hydrogen-bond acceptors (Lipinski definition) is 3. The Bertz CT molecular complexity index is 368. The summed E-state index contributed by atoms with van der Waals surface area (Å²) in [5.41, 5.74) is 0.223. The number of nitrogens with zero attached hydrogens (tertiary/aromatic N) is 1. The van der Waals surface area contributed by atoms with Crippen LogP contribution in [0.2, 0.25) is 0 Å². The number of aliphatic hydroxyl groups excluding tert-OH is 1. The van der Waals surface area contributed by atoms with Gasteiger partial charge >= 0.3 is 0 Å². The van der Waals surface area contributed by atoms with E-state index in [-0.39, 0.29) is 30.4 Å². The maximum atomic E-state index is 11.7. The molecule has 0 aliphatic rings. The molecule has 82 valence electrons. The van der Waals surface area contributed by atoms with E-state index in [1.54, 1.807) is 19.2 Å². The molecule has 0 atom stereocenters. The van der Waals surface area contributed by atoms with Crippen molar-refractivity contribution in [1.29, 1.82) is 0 Å². The van der Waals surface area contributed by atoms with Crippen LogP contribution in [0.1, 0.15) is 10.4 Å². The lowest BCUT2D eigenvalue weighted by molar-refractivity contribution is 0.0764. The smallest absolute Gasteiger partial charge is 0.257 e. The van der Waals surface area contributed by atoms with Crippen LogP contribution in [0, 0.1) is 0 Å². The van der Waals surface area contributed by atoms with Crippen molar-refractivity contribution in [1.82, 2.24) is 4.90 Å². The molecule has 0 saturated heterocycles. The lowest BCUT2D eigenvalue weighted by atomic mass is 10.2. The summed E-state index contributed by atoms with van der Waals surface area (Å²) in [5, 5.41) is 18.2. The maximum Gasteiger partial charge on any atom is 0.257 e. The number of likely N-dealkylation sites (N-methyl/N-ethyl adjacent to an activating group) is 1. The number of halogens is 1. The molecule has 0 aliphatic heterocycles. The number of aliphatic hydroxyl groups is 1. The number of phenolic OH excluding ortho intramolecular Hbond substituents is 1. The molecule has 1 amide bonds. The number of phenols is 1. The SMILES string of the molecule is CN(CCO)C(=O)c1cc(Br)ccc1O. The largest absolute Gasteiger partial charge is 0.507 e. The van der Waals surface area contributed by atoms with Gasteiger partial charge in [0.25, 0.3) is 5.91 Å². The molecule has 0 spiro atoms. The van der Waals surface area contributed by atoms with Crippen molar-refractivity contribution < 1.29 is 15.0 Å². The highest BCUT2D eigenvalue weighted by Crippen LogP contribution is 2.22. The normalized spacial score (nSPS) is 10.1. The van der Waals surface area contributed by atoms with E-state index in [1.807, 2.05) is 0 Å². The highest BCUT2D eigenvalue weighted by atomic mass is 79.9. The third kappa shape index (κ3) is 2.94. The number of aromatic hydroxyl groups is 1. The van der Waals surface area contributed by atoms with Crippen LogP contribution in [-0.4, -0.2) is 41.2 Å². The Labute approximate surface area is 96.3 Å². The number of rotatable bonds is 3. The van der Waals surface area contributed by atoms with E-state index in [4.69, 9.17) is 5.11 Å². The summed E-state index contributed by atoms with van der Waals surface area (Å²) in [5.74, 6) is -0.379. The average molecular weight is 274 g/mol. The minimum Gasteiger partial charge on any atom is -0.507 e. The van der Waals surface area contributed by atoms with Crippen LogP contribution in [0.4, 0.5) is 0 Å². The van der Waals surface area contributed by atoms with E-state index in [9.17, 15) is 9.90 Å². The van der Waals surface area contributed by atoms with Crippen LogP contribution < -0.4 is 0 Å². The third-order valence-electron chi connectivity index (χ3n) is 1.97. The van der Waals surface area contributed by atoms with Crippen molar-refractivity contribution >= 4 is 21.8 Å². The zero-order chi connectivity index (χ0) is 11.4. The molecule has 0 saturated carbocycles. The lowest BCUT2D eigenvalue weighted by Gasteiger charge is -2.16. The standard InChI is InChI=1S/C10H12BrNO3/c1-12(4-5-13)10(15)8-6-7(11)2-3-9(8)14/h2-3,6,13-14H,4-5H2,1H3. The molecule has 2 N–H and O–H groups in total. The Kier molecular flexibility index (Phi) is 4.11. The molecule has 15 heavy (non-hydrogen) atoms. The van der Waals surface area contributed by atoms with Gasteiger partial charge in [-0.1, -0.05) is 15.9 Å². The van der Waals surface area contributed by atoms with Gasteiger partial charge in [-0.3, -0.25) is 4.79 Å². The summed E-state index contributed by atoms with van der Waals surface area (Å²) < 4.78 is 0.723. The van der Waals surface area contributed by atoms with Gasteiger partial charge in [0, 0.05) is 18.1 Å². The van der Waals surface area contributed by atoms with Crippen LogP contribution in [-0.2, 0) is 0 Å². The predicted molar refractivity (Wildman–Crippen MR) is 59.9 cm³/mol. The molecule has 1 aromatic rings. The first-order chi connectivity index (χ1) is 7.06. The molecule has 0 heterocycles. The van der Waals surface area contributed by atoms with Gasteiger partial charge in [-0.25, -0.2) is 0 Å². The lowest BCUT2D eigenvalue weighted by Crippen LogP contribution is -2.29. The zero-order valence-electron chi connectivity index (χ0n) is 8.27. The van der Waals surface area contributed by atoms with E-state index in [0.717, 1.165) is 4.47 Å². The van der Waals surface area contributed by atoms with E-state index in [0.29, 0.717) is 0 Å². The van der Waals surface area contributed by atoms with Gasteiger partial charge in [-0.15, -0.1) is 0 Å². The highest BCUT2D eigenvalue weighted by molar-refractivity contribution is 9.10. The van der Waals surface area contributed by atoms with E-state index >= 15 is 0 Å². The quantitative estimate of drug-likeness (QED) is 0.871. The van der Waals surface area contributed by atoms with Gasteiger partial charge in [0.2, 0.25) is 0 Å². The molecule has 5 heteroatoms. The molecular weight excluding hydrogens is 262 g/mol. The fraction of sp³-hybridized carbons (Fsp3) is 0.300. The summed E-state index contributed by atoms with van der Waals surface area (Å²) in [6, 6.07) is 4.65. The Morgan fingerprint density at radius 1 is 1.53 bits per heavy atom. The van der Waals surface area contributed by atoms with Crippen LogP contribution in [0.15, 0.2) is 22.7 Å². The molecule has 1 aromatic carbocycles. The van der Waals surface area contributed by atoms with Gasteiger partial charge in [0.15, 0.2) is 0 Å². The Morgan fingerprint density at radius 3 is 2.80 bits per heavy atom. The summed E-state index contributed by atoms with van der Waals surface area (Å²) >= 11 is 3.22. The second-order valence-corrected chi connectivity index (χ2v) is 4.03. The molecular formula is C10H12BrNO3. The van der Waals surface area contributed by atoms with Gasteiger partial charge < -0.3 is 15.1 Å². The monoisotopic (exact) mass is 273 g/mol. The minimum absolute atomic E-state index is 0.0620. The van der Waals surface area contributed by atoms with Crippen molar-refractivity contribution in [2.75, 3.05) is 20.2 Å². The second kappa shape index (κ2) is 5.14. The summed E-state index contributed by atoms with van der Waals surface area (Å²) in [6.45, 7) is 0.141. The van der Waals surface area contributed by atoms with E-state index in [1.165, 1.54) is 11.0 Å². The fourth-order valence-electron chi connectivity index (χ4n) is 1.14. The van der Waals surface area contributed by atoms with Crippen LogP contribution in [0.5, 0.6) is 5.75 Å². The Hall–Kier alpha value is -1.07. The molecule has 0 unspecified atom stereocenters. The molecule has 0 radical (unpaired) electrons. The van der Waals surface area contributed by atoms with Crippen molar-refractivity contribution in [3.8, 4) is 5.75 Å². The molecule has 0 aliphatic carbocycles. The first-order valence-electron chi connectivity index (χ1n) is 4.41. The van der Waals surface area contributed by atoms with Crippen molar-refractivity contribution in [2.24, 2.45) is 0 Å². The van der Waals surface area contributed by atoms with Crippen LogP contribution in [0.25, 0.3) is 0 Å². The number of carbonyl (C=O) groups excluding carboxylic acids is 1. The first kappa shape index (κ1) is 12.0. The minimum atomic E-state index is -0.317. The molecule has 0 fully saturated rings. The van der Waals surface area contributed by atoms with Gasteiger partial charge in [0.05, 0.1) is 12.2 Å². The van der Waals surface area contributed by atoms with Gasteiger partial charge in [0.1, 0.15) is 5.75 Å². The maximum absolute atomic E-state index is 11.7. The second-order valence-electron chi connectivity index (χ2n) is 3.11. The molecule has 1 rings (SSSR count). The van der Waals surface area contributed by atoms with Crippen molar-refractivity contribution in [2.45, 2.75) is 0 Å². The zero-order valence-corrected chi connectivity index (χ0v) is 9.86. The summed E-state index contributed by atoms with van der Waals surface area (Å²) in [7, 11) is 1.57. The van der Waals surface area contributed by atoms with Crippen molar-refractivity contribution in [3.05, 3.63) is 28.2 Å². The predicted octanol–water partition coefficient (Wildman–Crippen LogP) is 1.22. The third-order valence-corrected chi connectivity index (χ3v) is 2.46. The number of hydrogen-bond donors (Lipinski definition) is 2. The summed E-state index contributed by atoms with van der Waals surface area (Å²) in [4.78, 5) is 13.1. The Morgan fingerprint density at radius 2 is 2.20 bits per heavy atom. The number of benzene rings is 1. The van der Waals surface area contributed by atoms with E-state index in [2.05, 4.69) is 15.9 Å². The fourth-order valence-corrected chi connectivity index (χ4v) is 1.50. The van der Waals surface area contributed by atoms with Gasteiger partial charge in [-0.05, 0) is 18.2 Å². The molecule has 0 bridgehead atoms. The Balaban J connectivity index is 2.95.